The molecule has 1 fully saturated rings. The topological polar surface area (TPSA) is 27.6 Å². The largest absolute Gasteiger partial charge is 0.354 e. The first-order valence-electron chi connectivity index (χ1n) is 6.97. The zero-order chi connectivity index (χ0) is 13.9. The molecule has 0 spiro atoms. The minimum Gasteiger partial charge on any atom is -0.354 e. The zero-order valence-electron chi connectivity index (χ0n) is 11.9. The van der Waals surface area contributed by atoms with Crippen LogP contribution in [-0.4, -0.2) is 19.0 Å². The molecule has 3 heteroatoms. The summed E-state index contributed by atoms with van der Waals surface area (Å²) >= 11 is 0. The van der Waals surface area contributed by atoms with Gasteiger partial charge in [-0.25, -0.2) is 4.99 Å². The Labute approximate surface area is 120 Å². The van der Waals surface area contributed by atoms with Crippen LogP contribution in [0.3, 0.4) is 0 Å². The second-order valence-corrected chi connectivity index (χ2v) is 5.09. The van der Waals surface area contributed by atoms with E-state index in [1.807, 2.05) is 12.1 Å². The molecule has 0 saturated carbocycles. The number of nitrogens with zero attached hydrogens (tertiary/aromatic N) is 2. The van der Waals surface area contributed by atoms with Crippen LogP contribution in [0.2, 0.25) is 0 Å². The van der Waals surface area contributed by atoms with Gasteiger partial charge in [0.05, 0.1) is 5.69 Å². The Kier molecular flexibility index (Phi) is 3.42. The monoisotopic (exact) mass is 265 g/mol. The van der Waals surface area contributed by atoms with E-state index in [-0.39, 0.29) is 0 Å². The second-order valence-electron chi connectivity index (χ2n) is 5.09. The van der Waals surface area contributed by atoms with Crippen molar-refractivity contribution in [3.63, 3.8) is 0 Å². The van der Waals surface area contributed by atoms with Crippen LogP contribution in [0, 0.1) is 13.8 Å². The first kappa shape index (κ1) is 12.7. The molecule has 3 nitrogen and oxygen atoms in total. The van der Waals surface area contributed by atoms with Crippen molar-refractivity contribution >= 4 is 17.3 Å². The quantitative estimate of drug-likeness (QED) is 0.901. The lowest BCUT2D eigenvalue weighted by molar-refractivity contribution is 0.972. The van der Waals surface area contributed by atoms with E-state index in [1.54, 1.807) is 0 Å². The van der Waals surface area contributed by atoms with E-state index in [1.165, 1.54) is 16.8 Å². The van der Waals surface area contributed by atoms with Gasteiger partial charge in [-0.3, -0.25) is 0 Å². The van der Waals surface area contributed by atoms with E-state index in [4.69, 9.17) is 4.99 Å². The van der Waals surface area contributed by atoms with Gasteiger partial charge in [0, 0.05) is 18.8 Å². The summed E-state index contributed by atoms with van der Waals surface area (Å²) in [4.78, 5) is 7.04. The number of anilines is 1. The molecule has 1 aliphatic rings. The molecule has 0 aliphatic carbocycles. The van der Waals surface area contributed by atoms with Crippen molar-refractivity contribution < 1.29 is 0 Å². The third kappa shape index (κ3) is 2.39. The maximum absolute atomic E-state index is 4.79. The number of aliphatic imine (C=N–C) groups is 1. The van der Waals surface area contributed by atoms with Crippen LogP contribution >= 0.6 is 0 Å². The molecule has 0 bridgehead atoms. The molecule has 3 rings (SSSR count). The Bertz CT molecular complexity index is 646. The Hall–Kier alpha value is -2.29. The Balaban J connectivity index is 1.98. The summed E-state index contributed by atoms with van der Waals surface area (Å²) in [5.74, 6) is 0.939. The lowest BCUT2D eigenvalue weighted by Crippen LogP contribution is -2.30. The van der Waals surface area contributed by atoms with Gasteiger partial charge < -0.3 is 10.2 Å². The third-order valence-corrected chi connectivity index (χ3v) is 3.62. The van der Waals surface area contributed by atoms with E-state index < -0.39 is 0 Å². The molecule has 1 heterocycles. The first-order valence-corrected chi connectivity index (χ1v) is 6.97. The van der Waals surface area contributed by atoms with Crippen LogP contribution in [0.4, 0.5) is 11.4 Å². The van der Waals surface area contributed by atoms with Crippen molar-refractivity contribution in [1.29, 1.82) is 0 Å². The molecule has 0 unspecified atom stereocenters. The van der Waals surface area contributed by atoms with Crippen molar-refractivity contribution in [2.24, 2.45) is 4.99 Å². The standard InChI is InChI=1S/C17H19N3/c1-13-7-3-5-9-15(13)19-17-18-11-12-20(17)16-10-6-4-8-14(16)2/h3-10H,11-12H2,1-2H3,(H,18,19). The number of hydrogen-bond donors (Lipinski definition) is 1. The summed E-state index contributed by atoms with van der Waals surface area (Å²) in [6.45, 7) is 6.11. The normalized spacial score (nSPS) is 16.5. The van der Waals surface area contributed by atoms with Crippen molar-refractivity contribution in [1.82, 2.24) is 5.32 Å². The summed E-state index contributed by atoms with van der Waals surface area (Å²) in [6.07, 6.45) is 0. The lowest BCUT2D eigenvalue weighted by Gasteiger charge is -2.20. The Morgan fingerprint density at radius 3 is 2.40 bits per heavy atom. The second kappa shape index (κ2) is 5.37. The summed E-state index contributed by atoms with van der Waals surface area (Å²) in [5.41, 5.74) is 4.72. The molecule has 0 aromatic heterocycles. The molecule has 1 saturated heterocycles. The average Bonchev–Trinajstić information content (AvgIpc) is 2.90. The SMILES string of the molecule is Cc1ccccc1N=C1NCCN1c1ccccc1C. The lowest BCUT2D eigenvalue weighted by atomic mass is 10.2. The van der Waals surface area contributed by atoms with Crippen molar-refractivity contribution in [3.05, 3.63) is 59.7 Å². The van der Waals surface area contributed by atoms with Gasteiger partial charge >= 0.3 is 0 Å². The van der Waals surface area contributed by atoms with Gasteiger partial charge in [-0.2, -0.15) is 0 Å². The molecule has 102 valence electrons. The summed E-state index contributed by atoms with van der Waals surface area (Å²) in [6, 6.07) is 16.6. The zero-order valence-corrected chi connectivity index (χ0v) is 11.9. The molecule has 1 N–H and O–H groups in total. The summed E-state index contributed by atoms with van der Waals surface area (Å²) < 4.78 is 0. The van der Waals surface area contributed by atoms with Crippen LogP contribution in [-0.2, 0) is 0 Å². The fourth-order valence-electron chi connectivity index (χ4n) is 2.48. The highest BCUT2D eigenvalue weighted by Gasteiger charge is 2.20. The highest BCUT2D eigenvalue weighted by Crippen LogP contribution is 2.23. The molecular weight excluding hydrogens is 246 g/mol. The number of guanidine groups is 1. The third-order valence-electron chi connectivity index (χ3n) is 3.62. The van der Waals surface area contributed by atoms with Crippen LogP contribution in [0.15, 0.2) is 53.5 Å². The van der Waals surface area contributed by atoms with Crippen LogP contribution < -0.4 is 10.2 Å². The van der Waals surface area contributed by atoms with Gasteiger partial charge in [-0.1, -0.05) is 36.4 Å². The van der Waals surface area contributed by atoms with Gasteiger partial charge in [-0.05, 0) is 37.1 Å². The number of nitrogens with one attached hydrogen (secondary N) is 1. The van der Waals surface area contributed by atoms with Crippen LogP contribution in [0.5, 0.6) is 0 Å². The first-order chi connectivity index (χ1) is 9.75. The molecule has 2 aromatic carbocycles. The number of hydrogen-bond acceptors (Lipinski definition) is 1. The van der Waals surface area contributed by atoms with E-state index in [0.29, 0.717) is 0 Å². The molecule has 20 heavy (non-hydrogen) atoms. The van der Waals surface area contributed by atoms with Gasteiger partial charge in [-0.15, -0.1) is 0 Å². The van der Waals surface area contributed by atoms with E-state index in [0.717, 1.165) is 24.7 Å². The van der Waals surface area contributed by atoms with Gasteiger partial charge in [0.25, 0.3) is 0 Å². The molecule has 0 radical (unpaired) electrons. The number of rotatable bonds is 2. The summed E-state index contributed by atoms with van der Waals surface area (Å²) in [5, 5.41) is 3.38. The van der Waals surface area contributed by atoms with Crippen molar-refractivity contribution in [3.8, 4) is 0 Å². The highest BCUT2D eigenvalue weighted by atomic mass is 15.4. The minimum atomic E-state index is 0.930. The number of aryl methyl sites for hydroxylation is 2. The average molecular weight is 265 g/mol. The fraction of sp³-hybridized carbons (Fsp3) is 0.235. The number of para-hydroxylation sites is 2. The van der Waals surface area contributed by atoms with E-state index in [9.17, 15) is 0 Å². The molecular formula is C17H19N3. The van der Waals surface area contributed by atoms with Crippen LogP contribution in [0.25, 0.3) is 0 Å². The van der Waals surface area contributed by atoms with Crippen molar-refractivity contribution in [2.45, 2.75) is 13.8 Å². The van der Waals surface area contributed by atoms with Gasteiger partial charge in [0.1, 0.15) is 0 Å². The Morgan fingerprint density at radius 2 is 1.65 bits per heavy atom. The van der Waals surface area contributed by atoms with Gasteiger partial charge in [0.15, 0.2) is 0 Å². The summed E-state index contributed by atoms with van der Waals surface area (Å²) in [7, 11) is 0. The number of benzene rings is 2. The Morgan fingerprint density at radius 1 is 0.950 bits per heavy atom. The maximum Gasteiger partial charge on any atom is 0.203 e. The molecule has 1 aliphatic heterocycles. The minimum absolute atomic E-state index is 0.930. The van der Waals surface area contributed by atoms with Gasteiger partial charge in [0.2, 0.25) is 5.96 Å². The molecule has 0 atom stereocenters. The predicted octanol–water partition coefficient (Wildman–Crippen LogP) is 3.40. The maximum atomic E-state index is 4.79. The smallest absolute Gasteiger partial charge is 0.203 e. The molecule has 2 aromatic rings. The molecule has 0 amide bonds. The van der Waals surface area contributed by atoms with Crippen molar-refractivity contribution in [2.75, 3.05) is 18.0 Å². The van der Waals surface area contributed by atoms with E-state index in [2.05, 4.69) is 60.5 Å². The van der Waals surface area contributed by atoms with E-state index >= 15 is 0 Å². The predicted molar refractivity (Wildman–Crippen MR) is 84.8 cm³/mol. The highest BCUT2D eigenvalue weighted by molar-refractivity contribution is 6.00. The fourth-order valence-corrected chi connectivity index (χ4v) is 2.48. The van der Waals surface area contributed by atoms with Crippen LogP contribution in [0.1, 0.15) is 11.1 Å².